The molecule has 0 bridgehead atoms. The molecule has 0 aliphatic carbocycles. The molecule has 1 aromatic rings. The summed E-state index contributed by atoms with van der Waals surface area (Å²) in [5.41, 5.74) is 8.26. The van der Waals surface area contributed by atoms with Crippen LogP contribution in [0.15, 0.2) is 18.2 Å². The van der Waals surface area contributed by atoms with Gasteiger partial charge >= 0.3 is 0 Å². The summed E-state index contributed by atoms with van der Waals surface area (Å²) >= 11 is 0. The van der Waals surface area contributed by atoms with Gasteiger partial charge in [0.1, 0.15) is 5.82 Å². The number of hydrogen-bond acceptors (Lipinski definition) is 2. The van der Waals surface area contributed by atoms with Crippen molar-refractivity contribution in [2.45, 2.75) is 58.2 Å². The van der Waals surface area contributed by atoms with Crippen molar-refractivity contribution >= 4 is 0 Å². The van der Waals surface area contributed by atoms with E-state index in [4.69, 9.17) is 5.73 Å². The van der Waals surface area contributed by atoms with E-state index in [-0.39, 0.29) is 23.4 Å². The molecule has 0 saturated carbocycles. The second-order valence-electron chi connectivity index (χ2n) is 6.62. The van der Waals surface area contributed by atoms with Gasteiger partial charge in [0.05, 0.1) is 6.04 Å². The lowest BCUT2D eigenvalue weighted by atomic mass is 9.86. The van der Waals surface area contributed by atoms with Crippen molar-refractivity contribution in [2.24, 2.45) is 5.73 Å². The summed E-state index contributed by atoms with van der Waals surface area (Å²) in [6.45, 7) is 9.52. The summed E-state index contributed by atoms with van der Waals surface area (Å²) in [5.74, 6) is -0.143. The maximum Gasteiger partial charge on any atom is 0.126 e. The zero-order valence-corrected chi connectivity index (χ0v) is 12.4. The lowest BCUT2D eigenvalue weighted by molar-refractivity contribution is 0.0384. The van der Waals surface area contributed by atoms with E-state index in [0.29, 0.717) is 5.56 Å². The van der Waals surface area contributed by atoms with Gasteiger partial charge < -0.3 is 5.73 Å². The zero-order chi connectivity index (χ0) is 14.2. The summed E-state index contributed by atoms with van der Waals surface area (Å²) in [4.78, 5) is 2.45. The third kappa shape index (κ3) is 2.98. The number of nitrogens with zero attached hydrogens (tertiary/aromatic N) is 1. The van der Waals surface area contributed by atoms with Gasteiger partial charge in [0.25, 0.3) is 0 Å². The van der Waals surface area contributed by atoms with Gasteiger partial charge in [0.15, 0.2) is 0 Å². The highest BCUT2D eigenvalue weighted by atomic mass is 19.1. The van der Waals surface area contributed by atoms with Crippen LogP contribution in [-0.4, -0.2) is 23.0 Å². The van der Waals surface area contributed by atoms with Gasteiger partial charge in [-0.1, -0.05) is 12.1 Å². The topological polar surface area (TPSA) is 29.3 Å². The van der Waals surface area contributed by atoms with E-state index >= 15 is 0 Å². The monoisotopic (exact) mass is 264 g/mol. The molecule has 2 rings (SSSR count). The Morgan fingerprint density at radius 2 is 2.00 bits per heavy atom. The third-order valence-corrected chi connectivity index (χ3v) is 4.06. The molecule has 106 valence electrons. The minimum Gasteiger partial charge on any atom is -0.326 e. The first-order valence-electron chi connectivity index (χ1n) is 7.09. The van der Waals surface area contributed by atoms with Gasteiger partial charge in [-0.3, -0.25) is 4.90 Å². The number of aryl methyl sites for hydroxylation is 1. The Bertz CT molecular complexity index is 451. The molecule has 1 heterocycles. The number of hydrogen-bond donors (Lipinski definition) is 1. The highest BCUT2D eigenvalue weighted by Gasteiger charge is 2.36. The van der Waals surface area contributed by atoms with E-state index < -0.39 is 0 Å². The van der Waals surface area contributed by atoms with Crippen molar-refractivity contribution in [3.63, 3.8) is 0 Å². The zero-order valence-electron chi connectivity index (χ0n) is 12.4. The molecule has 1 fully saturated rings. The van der Waals surface area contributed by atoms with Crippen molar-refractivity contribution in [1.82, 2.24) is 4.90 Å². The minimum absolute atomic E-state index is 0.0744. The fraction of sp³-hybridized carbons (Fsp3) is 0.625. The molecule has 0 spiro atoms. The fourth-order valence-electron chi connectivity index (χ4n) is 3.06. The van der Waals surface area contributed by atoms with Crippen LogP contribution in [0, 0.1) is 12.7 Å². The highest BCUT2D eigenvalue weighted by Crippen LogP contribution is 2.35. The lowest BCUT2D eigenvalue weighted by Gasteiger charge is -2.47. The SMILES string of the molecule is Cc1cc(C2C(N)CCCN2C(C)(C)C)ccc1F. The molecular weight excluding hydrogens is 239 g/mol. The number of benzene rings is 1. The second kappa shape index (κ2) is 5.22. The Morgan fingerprint density at radius 1 is 1.32 bits per heavy atom. The Kier molecular flexibility index (Phi) is 3.98. The predicted octanol–water partition coefficient (Wildman–Crippen LogP) is 3.40. The molecule has 2 N–H and O–H groups in total. The molecule has 1 aliphatic heterocycles. The molecule has 0 amide bonds. The number of likely N-dealkylation sites (tertiary alicyclic amines) is 1. The third-order valence-electron chi connectivity index (χ3n) is 4.06. The lowest BCUT2D eigenvalue weighted by Crippen LogP contribution is -2.53. The Labute approximate surface area is 115 Å². The van der Waals surface area contributed by atoms with Crippen LogP contribution in [0.25, 0.3) is 0 Å². The van der Waals surface area contributed by atoms with E-state index in [0.717, 1.165) is 24.9 Å². The van der Waals surface area contributed by atoms with Gasteiger partial charge in [-0.2, -0.15) is 0 Å². The van der Waals surface area contributed by atoms with E-state index in [2.05, 4.69) is 25.7 Å². The average Bonchev–Trinajstić information content (AvgIpc) is 2.31. The van der Waals surface area contributed by atoms with Crippen LogP contribution in [0.5, 0.6) is 0 Å². The molecule has 1 aliphatic rings. The average molecular weight is 264 g/mol. The minimum atomic E-state index is -0.143. The van der Waals surface area contributed by atoms with Crippen LogP contribution in [0.3, 0.4) is 0 Å². The Balaban J connectivity index is 2.39. The van der Waals surface area contributed by atoms with E-state index in [1.807, 2.05) is 19.1 Å². The second-order valence-corrected chi connectivity index (χ2v) is 6.62. The van der Waals surface area contributed by atoms with E-state index in [1.165, 1.54) is 0 Å². The van der Waals surface area contributed by atoms with Gasteiger partial charge in [-0.05, 0) is 64.3 Å². The van der Waals surface area contributed by atoms with Crippen LogP contribution in [0.2, 0.25) is 0 Å². The summed E-state index contributed by atoms with van der Waals surface area (Å²) in [7, 11) is 0. The Hall–Kier alpha value is -0.930. The van der Waals surface area contributed by atoms with E-state index in [9.17, 15) is 4.39 Å². The molecule has 0 aromatic heterocycles. The molecule has 1 saturated heterocycles. The van der Waals surface area contributed by atoms with Crippen molar-refractivity contribution in [3.05, 3.63) is 35.1 Å². The fourth-order valence-corrected chi connectivity index (χ4v) is 3.06. The summed E-state index contributed by atoms with van der Waals surface area (Å²) in [6, 6.07) is 5.71. The van der Waals surface area contributed by atoms with Crippen LogP contribution in [-0.2, 0) is 0 Å². The van der Waals surface area contributed by atoms with Crippen molar-refractivity contribution in [3.8, 4) is 0 Å². The quantitative estimate of drug-likeness (QED) is 0.842. The number of rotatable bonds is 1. The first kappa shape index (κ1) is 14.5. The predicted molar refractivity (Wildman–Crippen MR) is 77.5 cm³/mol. The highest BCUT2D eigenvalue weighted by molar-refractivity contribution is 5.28. The van der Waals surface area contributed by atoms with Gasteiger partial charge in [0, 0.05) is 11.6 Å². The van der Waals surface area contributed by atoms with Crippen LogP contribution >= 0.6 is 0 Å². The van der Waals surface area contributed by atoms with Crippen molar-refractivity contribution in [2.75, 3.05) is 6.54 Å². The molecule has 2 unspecified atom stereocenters. The van der Waals surface area contributed by atoms with Crippen molar-refractivity contribution < 1.29 is 4.39 Å². The van der Waals surface area contributed by atoms with Gasteiger partial charge in [-0.15, -0.1) is 0 Å². The maximum atomic E-state index is 13.4. The molecule has 0 radical (unpaired) electrons. The molecule has 2 nitrogen and oxygen atoms in total. The number of halogens is 1. The smallest absolute Gasteiger partial charge is 0.126 e. The van der Waals surface area contributed by atoms with Gasteiger partial charge in [-0.25, -0.2) is 4.39 Å². The molecule has 19 heavy (non-hydrogen) atoms. The summed E-state index contributed by atoms with van der Waals surface area (Å²) in [6.07, 6.45) is 2.17. The van der Waals surface area contributed by atoms with E-state index in [1.54, 1.807) is 6.07 Å². The maximum absolute atomic E-state index is 13.4. The number of piperidine rings is 1. The summed E-state index contributed by atoms with van der Waals surface area (Å²) < 4.78 is 13.4. The molecule has 2 atom stereocenters. The first-order chi connectivity index (χ1) is 8.80. The normalized spacial score (nSPS) is 25.6. The first-order valence-corrected chi connectivity index (χ1v) is 7.09. The van der Waals surface area contributed by atoms with Crippen LogP contribution in [0.4, 0.5) is 4.39 Å². The molecule has 3 heteroatoms. The standard InChI is InChI=1S/C16H25FN2/c1-11-10-12(7-8-13(11)17)15-14(18)6-5-9-19(15)16(2,3)4/h7-8,10,14-15H,5-6,9,18H2,1-4H3. The largest absolute Gasteiger partial charge is 0.326 e. The van der Waals surface area contributed by atoms with Crippen LogP contribution in [0.1, 0.15) is 50.8 Å². The van der Waals surface area contributed by atoms with Crippen LogP contribution < -0.4 is 5.73 Å². The summed E-state index contributed by atoms with van der Waals surface area (Å²) in [5, 5.41) is 0. The molecule has 1 aromatic carbocycles. The Morgan fingerprint density at radius 3 is 2.58 bits per heavy atom. The van der Waals surface area contributed by atoms with Crippen molar-refractivity contribution in [1.29, 1.82) is 0 Å². The molecular formula is C16H25FN2. The van der Waals surface area contributed by atoms with Gasteiger partial charge in [0.2, 0.25) is 0 Å². The number of nitrogens with two attached hydrogens (primary N) is 1.